The number of ketones is 1. The van der Waals surface area contributed by atoms with Gasteiger partial charge in [-0.25, -0.2) is 0 Å². The van der Waals surface area contributed by atoms with Crippen molar-refractivity contribution in [2.24, 2.45) is 0 Å². The number of benzene rings is 2. The molecule has 2 N–H and O–H groups in total. The van der Waals surface area contributed by atoms with E-state index in [1.54, 1.807) is 19.1 Å². The lowest BCUT2D eigenvalue weighted by atomic mass is 10.1. The first kappa shape index (κ1) is 17.2. The molecule has 1 unspecified atom stereocenters. The molecule has 1 atom stereocenters. The predicted octanol–water partition coefficient (Wildman–Crippen LogP) is 4.50. The largest absolute Gasteiger partial charge is 0.356 e. The van der Waals surface area contributed by atoms with E-state index in [9.17, 15) is 4.79 Å². The Morgan fingerprint density at radius 1 is 1.17 bits per heavy atom. The molecule has 23 heavy (non-hydrogen) atoms. The number of nitrogens with one attached hydrogen (secondary N) is 2. The van der Waals surface area contributed by atoms with Crippen LogP contribution in [0.2, 0.25) is 0 Å². The Kier molecular flexibility index (Phi) is 5.88. The summed E-state index contributed by atoms with van der Waals surface area (Å²) in [5, 5.41) is 6.93. The van der Waals surface area contributed by atoms with Gasteiger partial charge in [0.25, 0.3) is 0 Å². The molecule has 4 heteroatoms. The molecule has 0 saturated heterocycles. The highest BCUT2D eigenvalue weighted by atomic mass is 32.1. The highest BCUT2D eigenvalue weighted by molar-refractivity contribution is 7.80. The summed E-state index contributed by atoms with van der Waals surface area (Å²) in [6, 6.07) is 16.0. The average Bonchev–Trinajstić information content (AvgIpc) is 2.55. The number of anilines is 1. The minimum Gasteiger partial charge on any atom is -0.356 e. The molecule has 0 aliphatic heterocycles. The molecule has 0 amide bonds. The van der Waals surface area contributed by atoms with E-state index < -0.39 is 0 Å². The Balaban J connectivity index is 1.98. The molecule has 0 spiro atoms. The van der Waals surface area contributed by atoms with Crippen LogP contribution in [0.4, 0.5) is 5.69 Å². The van der Waals surface area contributed by atoms with Crippen LogP contribution in [0.15, 0.2) is 48.5 Å². The van der Waals surface area contributed by atoms with E-state index >= 15 is 0 Å². The summed E-state index contributed by atoms with van der Waals surface area (Å²) in [5.41, 5.74) is 3.98. The van der Waals surface area contributed by atoms with Crippen molar-refractivity contribution in [2.45, 2.75) is 33.2 Å². The van der Waals surface area contributed by atoms with Crippen LogP contribution in [0.3, 0.4) is 0 Å². The minimum atomic E-state index is 0.0388. The molecule has 0 aliphatic carbocycles. The molecule has 2 aromatic carbocycles. The normalized spacial score (nSPS) is 11.6. The van der Waals surface area contributed by atoms with Crippen LogP contribution in [-0.4, -0.2) is 10.9 Å². The van der Waals surface area contributed by atoms with Crippen molar-refractivity contribution in [3.05, 3.63) is 65.2 Å². The van der Waals surface area contributed by atoms with Gasteiger partial charge in [-0.1, -0.05) is 43.3 Å². The van der Waals surface area contributed by atoms with Gasteiger partial charge < -0.3 is 10.6 Å². The maximum atomic E-state index is 11.4. The summed E-state index contributed by atoms with van der Waals surface area (Å²) in [4.78, 5) is 11.4. The molecule has 3 nitrogen and oxygen atoms in total. The molecule has 120 valence electrons. The van der Waals surface area contributed by atoms with Crippen LogP contribution in [0.1, 0.15) is 48.3 Å². The Labute approximate surface area is 143 Å². The van der Waals surface area contributed by atoms with Crippen molar-refractivity contribution in [3.8, 4) is 0 Å². The molecule has 0 aromatic heterocycles. The maximum Gasteiger partial charge on any atom is 0.171 e. The zero-order chi connectivity index (χ0) is 16.8. The van der Waals surface area contributed by atoms with Gasteiger partial charge in [0.2, 0.25) is 0 Å². The average molecular weight is 326 g/mol. The van der Waals surface area contributed by atoms with Crippen LogP contribution in [0, 0.1) is 0 Å². The number of hydrogen-bond acceptors (Lipinski definition) is 2. The quantitative estimate of drug-likeness (QED) is 0.627. The van der Waals surface area contributed by atoms with Crippen LogP contribution in [0.25, 0.3) is 0 Å². The van der Waals surface area contributed by atoms with Crippen molar-refractivity contribution in [3.63, 3.8) is 0 Å². The number of carbonyl (C=O) groups is 1. The fraction of sp³-hybridized carbons (Fsp3) is 0.263. The van der Waals surface area contributed by atoms with E-state index in [-0.39, 0.29) is 11.8 Å². The van der Waals surface area contributed by atoms with E-state index in [2.05, 4.69) is 48.7 Å². The third-order valence-corrected chi connectivity index (χ3v) is 3.98. The van der Waals surface area contributed by atoms with Crippen LogP contribution >= 0.6 is 12.2 Å². The molecule has 0 heterocycles. The molecule has 0 fully saturated rings. The standard InChI is InChI=1S/C19H22N2OS/c1-4-15-8-10-16(11-9-15)13(2)20-19(23)21-18-7-5-6-17(12-18)14(3)22/h5-13H,4H2,1-3H3,(H2,20,21,23). The second kappa shape index (κ2) is 7.88. The first-order valence-corrected chi connectivity index (χ1v) is 8.17. The van der Waals surface area contributed by atoms with Crippen LogP contribution < -0.4 is 10.6 Å². The number of thiocarbonyl (C=S) groups is 1. The van der Waals surface area contributed by atoms with Crippen molar-refractivity contribution in [1.29, 1.82) is 0 Å². The summed E-state index contributed by atoms with van der Waals surface area (Å²) in [5.74, 6) is 0.0388. The number of Topliss-reactive ketones (excluding diaryl/α,β-unsaturated/α-hetero) is 1. The second-order valence-electron chi connectivity index (χ2n) is 5.55. The third kappa shape index (κ3) is 4.89. The van der Waals surface area contributed by atoms with Crippen LogP contribution in [-0.2, 0) is 6.42 Å². The minimum absolute atomic E-state index is 0.0388. The molecule has 2 rings (SSSR count). The zero-order valence-corrected chi connectivity index (χ0v) is 14.5. The molecular formula is C19H22N2OS. The van der Waals surface area contributed by atoms with Gasteiger partial charge >= 0.3 is 0 Å². The first-order valence-electron chi connectivity index (χ1n) is 7.77. The fourth-order valence-electron chi connectivity index (χ4n) is 2.31. The SMILES string of the molecule is CCc1ccc(C(C)NC(=S)Nc2cccc(C(C)=O)c2)cc1. The molecule has 2 aromatic rings. The zero-order valence-electron chi connectivity index (χ0n) is 13.7. The number of hydrogen-bond donors (Lipinski definition) is 2. The van der Waals surface area contributed by atoms with Gasteiger partial charge in [-0.15, -0.1) is 0 Å². The van der Waals surface area contributed by atoms with E-state index in [1.807, 2.05) is 12.1 Å². The second-order valence-corrected chi connectivity index (χ2v) is 5.96. The van der Waals surface area contributed by atoms with Gasteiger partial charge in [0.05, 0.1) is 6.04 Å². The van der Waals surface area contributed by atoms with Crippen LogP contribution in [0.5, 0.6) is 0 Å². The Bertz CT molecular complexity index is 695. The monoisotopic (exact) mass is 326 g/mol. The maximum absolute atomic E-state index is 11.4. The lowest BCUT2D eigenvalue weighted by Gasteiger charge is -2.18. The van der Waals surface area contributed by atoms with Gasteiger partial charge in [0.15, 0.2) is 10.9 Å². The van der Waals surface area contributed by atoms with Crippen molar-refractivity contribution in [2.75, 3.05) is 5.32 Å². The lowest BCUT2D eigenvalue weighted by molar-refractivity contribution is 0.101. The van der Waals surface area contributed by atoms with Gasteiger partial charge in [-0.05, 0) is 55.7 Å². The van der Waals surface area contributed by atoms with E-state index in [0.717, 1.165) is 12.1 Å². The summed E-state index contributed by atoms with van der Waals surface area (Å²) >= 11 is 5.36. The smallest absolute Gasteiger partial charge is 0.171 e. The Hall–Kier alpha value is -2.20. The number of rotatable bonds is 5. The van der Waals surface area contributed by atoms with E-state index in [0.29, 0.717) is 10.7 Å². The summed E-state index contributed by atoms with van der Waals surface area (Å²) in [7, 11) is 0. The lowest BCUT2D eigenvalue weighted by Crippen LogP contribution is -2.30. The molecule has 0 bridgehead atoms. The molecule has 0 aliphatic rings. The van der Waals surface area contributed by atoms with E-state index in [4.69, 9.17) is 12.2 Å². The summed E-state index contributed by atoms with van der Waals surface area (Å²) in [6.07, 6.45) is 1.04. The van der Waals surface area contributed by atoms with Crippen molar-refractivity contribution in [1.82, 2.24) is 5.32 Å². The highest BCUT2D eigenvalue weighted by Crippen LogP contribution is 2.15. The summed E-state index contributed by atoms with van der Waals surface area (Å²) in [6.45, 7) is 5.77. The third-order valence-electron chi connectivity index (χ3n) is 3.76. The number of aryl methyl sites for hydroxylation is 1. The van der Waals surface area contributed by atoms with E-state index in [1.165, 1.54) is 11.1 Å². The van der Waals surface area contributed by atoms with Crippen molar-refractivity contribution < 1.29 is 4.79 Å². The van der Waals surface area contributed by atoms with Gasteiger partial charge in [-0.2, -0.15) is 0 Å². The topological polar surface area (TPSA) is 41.1 Å². The van der Waals surface area contributed by atoms with Gasteiger partial charge in [-0.3, -0.25) is 4.79 Å². The van der Waals surface area contributed by atoms with Gasteiger partial charge in [0.1, 0.15) is 0 Å². The fourth-order valence-corrected chi connectivity index (χ4v) is 2.60. The number of carbonyl (C=O) groups excluding carboxylic acids is 1. The molecular weight excluding hydrogens is 304 g/mol. The summed E-state index contributed by atoms with van der Waals surface area (Å²) < 4.78 is 0. The highest BCUT2D eigenvalue weighted by Gasteiger charge is 2.08. The first-order chi connectivity index (χ1) is 11.0. The molecule has 0 saturated carbocycles. The molecule has 0 radical (unpaired) electrons. The Morgan fingerprint density at radius 3 is 2.48 bits per heavy atom. The Morgan fingerprint density at radius 2 is 1.87 bits per heavy atom. The predicted molar refractivity (Wildman–Crippen MR) is 100 cm³/mol. The van der Waals surface area contributed by atoms with Gasteiger partial charge in [0, 0.05) is 11.3 Å². The van der Waals surface area contributed by atoms with Crippen molar-refractivity contribution >= 4 is 28.8 Å².